The van der Waals surface area contributed by atoms with Gasteiger partial charge in [-0.3, -0.25) is 9.52 Å². The number of rotatable bonds is 2. The number of aromatic nitrogens is 1. The van der Waals surface area contributed by atoms with Crippen LogP contribution in [0.25, 0.3) is 10.9 Å². The van der Waals surface area contributed by atoms with Gasteiger partial charge in [0.25, 0.3) is 5.56 Å². The Hall–Kier alpha value is -2.43. The lowest BCUT2D eigenvalue weighted by Crippen LogP contribution is -2.32. The predicted octanol–water partition coefficient (Wildman–Crippen LogP) is 1.52. The molecular weight excluding hydrogens is 329 g/mol. The topological polar surface area (TPSA) is 97.5 Å². The van der Waals surface area contributed by atoms with E-state index in [2.05, 4.69) is 4.98 Å². The number of pyridine rings is 1. The van der Waals surface area contributed by atoms with Crippen LogP contribution in [0.1, 0.15) is 0 Å². The molecule has 0 amide bonds. The number of nitrogens with one attached hydrogen (secondary N) is 2. The van der Waals surface area contributed by atoms with Gasteiger partial charge < -0.3 is 14.5 Å². The number of hydrogen-bond donors (Lipinski definition) is 2. The molecule has 22 heavy (non-hydrogen) atoms. The summed E-state index contributed by atoms with van der Waals surface area (Å²) in [5.74, 6) is 0.705. The number of anilines is 1. The summed E-state index contributed by atoms with van der Waals surface area (Å²) in [7, 11) is -5.68. The summed E-state index contributed by atoms with van der Waals surface area (Å²) in [6.45, 7) is -0.0244. The second-order valence-corrected chi connectivity index (χ2v) is 6.03. The lowest BCUT2D eigenvalue weighted by molar-refractivity contribution is -0.0429. The Morgan fingerprint density at radius 2 is 1.77 bits per heavy atom. The molecule has 2 N–H and O–H groups in total. The number of fused-ring (bicyclic) bond motifs is 2. The first-order valence-electron chi connectivity index (χ1n) is 5.73. The Kier molecular flexibility index (Phi) is 2.99. The van der Waals surface area contributed by atoms with Crippen LogP contribution in [0, 0.1) is 0 Å². The van der Waals surface area contributed by atoms with Gasteiger partial charge in [0.1, 0.15) is 5.69 Å². The number of sulfonamides is 1. The van der Waals surface area contributed by atoms with Crippen LogP contribution < -0.4 is 19.8 Å². The van der Waals surface area contributed by atoms with Crippen molar-refractivity contribution in [3.05, 3.63) is 28.6 Å². The van der Waals surface area contributed by atoms with Crippen LogP contribution in [0.15, 0.2) is 23.0 Å². The zero-order chi connectivity index (χ0) is 16.1. The van der Waals surface area contributed by atoms with Crippen molar-refractivity contribution in [2.24, 2.45) is 0 Å². The van der Waals surface area contributed by atoms with Crippen molar-refractivity contribution >= 4 is 26.6 Å². The molecular formula is C11H7F3N2O5S. The van der Waals surface area contributed by atoms with Gasteiger partial charge in [-0.05, 0) is 12.1 Å². The molecule has 0 aliphatic carbocycles. The molecule has 11 heteroatoms. The van der Waals surface area contributed by atoms with Crippen molar-refractivity contribution in [1.82, 2.24) is 4.98 Å². The van der Waals surface area contributed by atoms with Crippen LogP contribution in [0.2, 0.25) is 0 Å². The van der Waals surface area contributed by atoms with Crippen molar-refractivity contribution in [2.75, 3.05) is 11.5 Å². The SMILES string of the molecule is O=c1[nH]c2cc3c(cc2cc1NS(=O)(=O)C(F)(F)F)OCO3. The average molecular weight is 336 g/mol. The molecule has 0 saturated heterocycles. The summed E-state index contributed by atoms with van der Waals surface area (Å²) in [4.78, 5) is 14.0. The fourth-order valence-electron chi connectivity index (χ4n) is 1.87. The van der Waals surface area contributed by atoms with Crippen molar-refractivity contribution in [1.29, 1.82) is 0 Å². The number of alkyl halides is 3. The maximum Gasteiger partial charge on any atom is 0.516 e. The Balaban J connectivity index is 2.10. The van der Waals surface area contributed by atoms with E-state index < -0.39 is 26.8 Å². The van der Waals surface area contributed by atoms with E-state index in [1.807, 2.05) is 0 Å². The molecule has 0 radical (unpaired) electrons. The first-order chi connectivity index (χ1) is 10.2. The van der Waals surface area contributed by atoms with Gasteiger partial charge in [0.15, 0.2) is 11.5 Å². The molecule has 0 atom stereocenters. The molecule has 0 spiro atoms. The number of aromatic amines is 1. The molecule has 7 nitrogen and oxygen atoms in total. The Morgan fingerprint density at radius 3 is 2.41 bits per heavy atom. The van der Waals surface area contributed by atoms with E-state index in [0.717, 1.165) is 6.07 Å². The second-order valence-electron chi connectivity index (χ2n) is 4.36. The van der Waals surface area contributed by atoms with Crippen LogP contribution >= 0.6 is 0 Å². The summed E-state index contributed by atoms with van der Waals surface area (Å²) in [5.41, 5.74) is -7.02. The predicted molar refractivity (Wildman–Crippen MR) is 69.3 cm³/mol. The van der Waals surface area contributed by atoms with Crippen LogP contribution in [0.3, 0.4) is 0 Å². The number of hydrogen-bond acceptors (Lipinski definition) is 5. The van der Waals surface area contributed by atoms with E-state index in [4.69, 9.17) is 9.47 Å². The standard InChI is InChI=1S/C11H7F3N2O5S/c12-11(13,14)22(18,19)16-7-1-5-2-8-9(21-4-20-8)3-6(5)15-10(7)17/h1-3,16H,4H2,(H,15,17). The quantitative estimate of drug-likeness (QED) is 0.866. The minimum atomic E-state index is -5.68. The fourth-order valence-corrected chi connectivity index (χ4v) is 2.43. The third-order valence-corrected chi connectivity index (χ3v) is 3.98. The second kappa shape index (κ2) is 4.53. The maximum atomic E-state index is 12.3. The fraction of sp³-hybridized carbons (Fsp3) is 0.182. The van der Waals surface area contributed by atoms with E-state index in [9.17, 15) is 26.4 Å². The van der Waals surface area contributed by atoms with E-state index in [-0.39, 0.29) is 17.7 Å². The van der Waals surface area contributed by atoms with E-state index in [1.165, 1.54) is 16.9 Å². The molecule has 2 aromatic rings. The van der Waals surface area contributed by atoms with Crippen LogP contribution in [-0.2, 0) is 10.0 Å². The highest BCUT2D eigenvalue weighted by atomic mass is 32.2. The summed E-state index contributed by atoms with van der Waals surface area (Å²) in [5, 5.41) is 0.281. The van der Waals surface area contributed by atoms with Crippen molar-refractivity contribution in [3.8, 4) is 11.5 Å². The van der Waals surface area contributed by atoms with Crippen molar-refractivity contribution < 1.29 is 31.1 Å². The lowest BCUT2D eigenvalue weighted by Gasteiger charge is -2.10. The van der Waals surface area contributed by atoms with Gasteiger partial charge in [0, 0.05) is 11.5 Å². The number of H-pyrrole nitrogens is 1. The van der Waals surface area contributed by atoms with Gasteiger partial charge in [-0.2, -0.15) is 21.6 Å². The summed E-state index contributed by atoms with van der Waals surface area (Å²) in [6, 6.07) is 3.83. The van der Waals surface area contributed by atoms with Crippen molar-refractivity contribution in [2.45, 2.75) is 5.51 Å². The van der Waals surface area contributed by atoms with E-state index in [1.54, 1.807) is 0 Å². The number of ether oxygens (including phenoxy) is 2. The summed E-state index contributed by atoms with van der Waals surface area (Å²) in [6.07, 6.45) is 0. The van der Waals surface area contributed by atoms with Gasteiger partial charge >= 0.3 is 15.5 Å². The molecule has 2 heterocycles. The first kappa shape index (κ1) is 14.5. The smallest absolute Gasteiger partial charge is 0.454 e. The van der Waals surface area contributed by atoms with Crippen LogP contribution in [0.5, 0.6) is 11.5 Å². The highest BCUT2D eigenvalue weighted by Crippen LogP contribution is 2.35. The molecule has 1 aliphatic heterocycles. The highest BCUT2D eigenvalue weighted by molar-refractivity contribution is 7.93. The van der Waals surface area contributed by atoms with Crippen molar-refractivity contribution in [3.63, 3.8) is 0 Å². The Bertz CT molecular complexity index is 920. The number of halogens is 3. The molecule has 1 aromatic heterocycles. The molecule has 0 unspecified atom stereocenters. The molecule has 1 aromatic carbocycles. The zero-order valence-electron chi connectivity index (χ0n) is 10.5. The normalized spacial score (nSPS) is 14.3. The third kappa shape index (κ3) is 2.32. The third-order valence-electron chi connectivity index (χ3n) is 2.89. The maximum absolute atomic E-state index is 12.3. The van der Waals surface area contributed by atoms with E-state index >= 15 is 0 Å². The Labute approximate surface area is 120 Å². The van der Waals surface area contributed by atoms with Gasteiger partial charge in [0.2, 0.25) is 6.79 Å². The van der Waals surface area contributed by atoms with Crippen LogP contribution in [0.4, 0.5) is 18.9 Å². The summed E-state index contributed by atoms with van der Waals surface area (Å²) >= 11 is 0. The van der Waals surface area contributed by atoms with Crippen LogP contribution in [-0.4, -0.2) is 25.7 Å². The molecule has 0 fully saturated rings. The molecule has 0 saturated carbocycles. The first-order valence-corrected chi connectivity index (χ1v) is 7.21. The molecule has 1 aliphatic rings. The molecule has 0 bridgehead atoms. The monoisotopic (exact) mass is 336 g/mol. The highest BCUT2D eigenvalue weighted by Gasteiger charge is 2.46. The average Bonchev–Trinajstić information content (AvgIpc) is 2.82. The largest absolute Gasteiger partial charge is 0.516 e. The van der Waals surface area contributed by atoms with E-state index in [0.29, 0.717) is 11.5 Å². The molecule has 118 valence electrons. The van der Waals surface area contributed by atoms with Gasteiger partial charge in [-0.25, -0.2) is 0 Å². The Morgan fingerprint density at radius 1 is 1.14 bits per heavy atom. The van der Waals surface area contributed by atoms with Gasteiger partial charge in [-0.15, -0.1) is 0 Å². The summed E-state index contributed by atoms with van der Waals surface area (Å²) < 4.78 is 70.6. The number of benzene rings is 1. The minimum Gasteiger partial charge on any atom is -0.454 e. The zero-order valence-corrected chi connectivity index (χ0v) is 11.3. The lowest BCUT2D eigenvalue weighted by atomic mass is 10.2. The van der Waals surface area contributed by atoms with Gasteiger partial charge in [0.05, 0.1) is 5.52 Å². The molecule has 3 rings (SSSR count). The minimum absolute atomic E-state index is 0.0244. The van der Waals surface area contributed by atoms with Gasteiger partial charge in [-0.1, -0.05) is 0 Å².